The van der Waals surface area contributed by atoms with Crippen molar-refractivity contribution in [3.63, 3.8) is 0 Å². The predicted molar refractivity (Wildman–Crippen MR) is 94.1 cm³/mol. The van der Waals surface area contributed by atoms with E-state index in [-0.39, 0.29) is 36.5 Å². The highest BCUT2D eigenvalue weighted by Gasteiger charge is 2.30. The van der Waals surface area contributed by atoms with E-state index in [1.54, 1.807) is 0 Å². The number of hydrogen-bond acceptors (Lipinski definition) is 4. The number of rotatable bonds is 7. The Hall–Kier alpha value is -1.51. The Morgan fingerprint density at radius 2 is 1.88 bits per heavy atom. The smallest absolute Gasteiger partial charge is 0.246 e. The van der Waals surface area contributed by atoms with E-state index in [4.69, 9.17) is 0 Å². The molecule has 25 heavy (non-hydrogen) atoms. The molecule has 1 atom stereocenters. The lowest BCUT2D eigenvalue weighted by molar-refractivity contribution is -0.123. The Labute approximate surface area is 149 Å². The molecule has 0 aliphatic carbocycles. The molecule has 8 heteroatoms. The van der Waals surface area contributed by atoms with Crippen molar-refractivity contribution in [2.45, 2.75) is 37.6 Å². The zero-order chi connectivity index (χ0) is 18.4. The van der Waals surface area contributed by atoms with Crippen LogP contribution in [0, 0.1) is 5.82 Å². The standard InChI is InChI=1S/C17H26FN3O3S/c1-3-6-14(2)19-17(22)13-20-9-11-21(12-10-20)25(23,24)16-8-5-4-7-15(16)18/h4-5,7-8,14H,3,6,9-13H2,1-2H3,(H,19,22)/t14-/m0/s1. The van der Waals surface area contributed by atoms with Crippen LogP contribution in [0.25, 0.3) is 0 Å². The quantitative estimate of drug-likeness (QED) is 0.787. The molecule has 0 aromatic heterocycles. The number of piperazine rings is 1. The number of hydrogen-bond donors (Lipinski definition) is 1. The zero-order valence-electron chi connectivity index (χ0n) is 14.7. The van der Waals surface area contributed by atoms with Gasteiger partial charge in [0.2, 0.25) is 15.9 Å². The number of nitrogens with one attached hydrogen (secondary N) is 1. The van der Waals surface area contributed by atoms with Crippen molar-refractivity contribution in [1.29, 1.82) is 0 Å². The van der Waals surface area contributed by atoms with Gasteiger partial charge in [-0.15, -0.1) is 0 Å². The van der Waals surface area contributed by atoms with Gasteiger partial charge in [-0.2, -0.15) is 4.31 Å². The van der Waals surface area contributed by atoms with Crippen LogP contribution in [0.2, 0.25) is 0 Å². The van der Waals surface area contributed by atoms with Crippen LogP contribution in [0.5, 0.6) is 0 Å². The van der Waals surface area contributed by atoms with Crippen molar-refractivity contribution < 1.29 is 17.6 Å². The van der Waals surface area contributed by atoms with Crippen molar-refractivity contribution in [2.75, 3.05) is 32.7 Å². The third-order valence-corrected chi connectivity index (χ3v) is 6.21. The van der Waals surface area contributed by atoms with E-state index in [2.05, 4.69) is 12.2 Å². The summed E-state index contributed by atoms with van der Waals surface area (Å²) in [6.45, 7) is 5.68. The number of nitrogens with zero attached hydrogens (tertiary/aromatic N) is 2. The van der Waals surface area contributed by atoms with E-state index in [9.17, 15) is 17.6 Å². The first kappa shape index (κ1) is 19.8. The van der Waals surface area contributed by atoms with Gasteiger partial charge in [0.05, 0.1) is 6.54 Å². The van der Waals surface area contributed by atoms with Gasteiger partial charge < -0.3 is 5.32 Å². The van der Waals surface area contributed by atoms with Crippen molar-refractivity contribution in [3.05, 3.63) is 30.1 Å². The molecular formula is C17H26FN3O3S. The summed E-state index contributed by atoms with van der Waals surface area (Å²) in [7, 11) is -3.84. The van der Waals surface area contributed by atoms with Gasteiger partial charge in [-0.05, 0) is 25.5 Å². The summed E-state index contributed by atoms with van der Waals surface area (Å²) in [6.07, 6.45) is 1.94. The van der Waals surface area contributed by atoms with Crippen LogP contribution in [-0.4, -0.2) is 62.3 Å². The average Bonchev–Trinajstić information content (AvgIpc) is 2.55. The fourth-order valence-corrected chi connectivity index (χ4v) is 4.44. The Balaban J connectivity index is 1.89. The lowest BCUT2D eigenvalue weighted by atomic mass is 10.2. The molecule has 0 unspecified atom stereocenters. The first-order chi connectivity index (χ1) is 11.8. The van der Waals surface area contributed by atoms with E-state index in [1.165, 1.54) is 22.5 Å². The molecule has 140 valence electrons. The minimum Gasteiger partial charge on any atom is -0.353 e. The molecule has 1 aliphatic heterocycles. The van der Waals surface area contributed by atoms with Crippen molar-refractivity contribution in [3.8, 4) is 0 Å². The van der Waals surface area contributed by atoms with E-state index < -0.39 is 15.8 Å². The number of benzene rings is 1. The predicted octanol–water partition coefficient (Wildman–Crippen LogP) is 1.44. The van der Waals surface area contributed by atoms with Gasteiger partial charge in [-0.25, -0.2) is 12.8 Å². The zero-order valence-corrected chi connectivity index (χ0v) is 15.6. The molecule has 1 fully saturated rings. The number of carbonyl (C=O) groups excluding carboxylic acids is 1. The van der Waals surface area contributed by atoms with Gasteiger partial charge in [0.1, 0.15) is 10.7 Å². The van der Waals surface area contributed by atoms with E-state index in [0.29, 0.717) is 13.1 Å². The van der Waals surface area contributed by atoms with Crippen molar-refractivity contribution in [2.24, 2.45) is 0 Å². The fourth-order valence-electron chi connectivity index (χ4n) is 2.95. The van der Waals surface area contributed by atoms with Crippen molar-refractivity contribution in [1.82, 2.24) is 14.5 Å². The number of carbonyl (C=O) groups is 1. The Morgan fingerprint density at radius 1 is 1.24 bits per heavy atom. The normalized spacial score (nSPS) is 18.0. The number of amides is 1. The topological polar surface area (TPSA) is 69.7 Å². The Morgan fingerprint density at radius 3 is 2.48 bits per heavy atom. The highest BCUT2D eigenvalue weighted by atomic mass is 32.2. The van der Waals surface area contributed by atoms with Crippen LogP contribution in [-0.2, 0) is 14.8 Å². The molecule has 1 N–H and O–H groups in total. The van der Waals surface area contributed by atoms with Gasteiger partial charge in [-0.3, -0.25) is 9.69 Å². The average molecular weight is 371 g/mol. The van der Waals surface area contributed by atoms with Crippen LogP contribution in [0.3, 0.4) is 0 Å². The first-order valence-corrected chi connectivity index (χ1v) is 10.0. The Kier molecular flexibility index (Phi) is 6.92. The van der Waals surface area contributed by atoms with Crippen LogP contribution in [0.1, 0.15) is 26.7 Å². The summed E-state index contributed by atoms with van der Waals surface area (Å²) in [6, 6.07) is 5.53. The molecule has 1 amide bonds. The minimum atomic E-state index is -3.84. The van der Waals surface area contributed by atoms with E-state index >= 15 is 0 Å². The van der Waals surface area contributed by atoms with Crippen LogP contribution >= 0.6 is 0 Å². The minimum absolute atomic E-state index is 0.0497. The molecule has 6 nitrogen and oxygen atoms in total. The molecule has 2 rings (SSSR count). The molecule has 1 saturated heterocycles. The van der Waals surface area contributed by atoms with Crippen molar-refractivity contribution >= 4 is 15.9 Å². The summed E-state index contributed by atoms with van der Waals surface area (Å²) < 4.78 is 40.2. The first-order valence-electron chi connectivity index (χ1n) is 8.61. The molecule has 1 aliphatic rings. The maximum atomic E-state index is 13.8. The maximum Gasteiger partial charge on any atom is 0.246 e. The second-order valence-electron chi connectivity index (χ2n) is 6.37. The molecule has 0 spiro atoms. The lowest BCUT2D eigenvalue weighted by Gasteiger charge is -2.33. The lowest BCUT2D eigenvalue weighted by Crippen LogP contribution is -2.51. The molecule has 0 bridgehead atoms. The molecular weight excluding hydrogens is 345 g/mol. The SMILES string of the molecule is CCC[C@H](C)NC(=O)CN1CCN(S(=O)(=O)c2ccccc2F)CC1. The summed E-state index contributed by atoms with van der Waals surface area (Å²) in [5, 5.41) is 2.94. The number of halogens is 1. The summed E-state index contributed by atoms with van der Waals surface area (Å²) >= 11 is 0. The van der Waals surface area contributed by atoms with Gasteiger partial charge in [0.25, 0.3) is 0 Å². The maximum absolute atomic E-state index is 13.8. The molecule has 0 radical (unpaired) electrons. The third kappa shape index (κ3) is 5.23. The largest absolute Gasteiger partial charge is 0.353 e. The van der Waals surface area contributed by atoms with E-state index in [1.807, 2.05) is 11.8 Å². The molecule has 1 heterocycles. The van der Waals surface area contributed by atoms with Gasteiger partial charge in [0.15, 0.2) is 0 Å². The molecule has 0 saturated carbocycles. The second kappa shape index (κ2) is 8.73. The van der Waals surface area contributed by atoms with Crippen LogP contribution < -0.4 is 5.32 Å². The van der Waals surface area contributed by atoms with Crippen LogP contribution in [0.15, 0.2) is 29.2 Å². The molecule has 1 aromatic carbocycles. The second-order valence-corrected chi connectivity index (χ2v) is 8.27. The highest BCUT2D eigenvalue weighted by molar-refractivity contribution is 7.89. The summed E-state index contributed by atoms with van der Waals surface area (Å²) in [5.74, 6) is -0.791. The monoisotopic (exact) mass is 371 g/mol. The van der Waals surface area contributed by atoms with E-state index in [0.717, 1.165) is 18.9 Å². The van der Waals surface area contributed by atoms with Gasteiger partial charge in [-0.1, -0.05) is 25.5 Å². The summed E-state index contributed by atoms with van der Waals surface area (Å²) in [5.41, 5.74) is 0. The third-order valence-electron chi connectivity index (χ3n) is 4.28. The number of sulfonamides is 1. The summed E-state index contributed by atoms with van der Waals surface area (Å²) in [4.78, 5) is 13.6. The van der Waals surface area contributed by atoms with Gasteiger partial charge in [0, 0.05) is 32.2 Å². The van der Waals surface area contributed by atoms with Crippen LogP contribution in [0.4, 0.5) is 4.39 Å². The Bertz CT molecular complexity index is 688. The molecule has 1 aromatic rings. The fraction of sp³-hybridized carbons (Fsp3) is 0.588. The van der Waals surface area contributed by atoms with Gasteiger partial charge >= 0.3 is 0 Å². The highest BCUT2D eigenvalue weighted by Crippen LogP contribution is 2.20.